The Morgan fingerprint density at radius 2 is 1.79 bits per heavy atom. The predicted molar refractivity (Wildman–Crippen MR) is 69.8 cm³/mol. The third kappa shape index (κ3) is 2.05. The van der Waals surface area contributed by atoms with Gasteiger partial charge in [-0.25, -0.2) is 4.79 Å². The van der Waals surface area contributed by atoms with Crippen LogP contribution in [0, 0.1) is 10.1 Å². The van der Waals surface area contributed by atoms with Gasteiger partial charge in [-0.1, -0.05) is 30.3 Å². The minimum absolute atomic E-state index is 0.0378. The molecule has 0 saturated carbocycles. The maximum Gasteiger partial charge on any atom is 0.324 e. The molecule has 2 amide bonds. The summed E-state index contributed by atoms with van der Waals surface area (Å²) in [6.07, 6.45) is 0. The van der Waals surface area contributed by atoms with Crippen LogP contribution in [0.25, 0.3) is 0 Å². The zero-order chi connectivity index (χ0) is 14.2. The first-order valence-corrected chi connectivity index (χ1v) is 5.85. The van der Waals surface area contributed by atoms with E-state index in [2.05, 4.69) is 0 Å². The first kappa shape index (κ1) is 13.1. The molecule has 1 aromatic rings. The number of nitrogens with zero attached hydrogens (tertiary/aromatic N) is 3. The molecule has 0 N–H and O–H groups in total. The summed E-state index contributed by atoms with van der Waals surface area (Å²) in [7, 11) is 3.12. The lowest BCUT2D eigenvalue weighted by molar-refractivity contribution is -0.436. The third-order valence-corrected chi connectivity index (χ3v) is 3.42. The van der Waals surface area contributed by atoms with Gasteiger partial charge in [0.15, 0.2) is 6.04 Å². The summed E-state index contributed by atoms with van der Waals surface area (Å²) in [5.74, 6) is 0. The van der Waals surface area contributed by atoms with Crippen LogP contribution < -0.4 is 0 Å². The fourth-order valence-corrected chi connectivity index (χ4v) is 2.29. The number of amides is 2. The Hall–Kier alpha value is -2.37. The normalized spacial score (nSPS) is 19.9. The molecule has 0 aliphatic carbocycles. The van der Waals surface area contributed by atoms with Crippen LogP contribution in [0.1, 0.15) is 18.5 Å². The Labute approximate surface area is 111 Å². The first-order valence-electron chi connectivity index (χ1n) is 5.85. The lowest BCUT2D eigenvalue weighted by Crippen LogP contribution is -2.47. The van der Waals surface area contributed by atoms with Crippen molar-refractivity contribution in [2.24, 2.45) is 0 Å². The number of carbonyl (C=O) groups excluding carboxylic acids is 1. The molecule has 100 valence electrons. The van der Waals surface area contributed by atoms with E-state index in [-0.39, 0.29) is 11.7 Å². The standard InChI is InChI=1S/C13H15N3O3/c1-9-11(16(18)19)12(10-7-5-4-6-8-10)15(3)13(17)14(9)2/h4-8,12H,1-3H3. The molecule has 2 rings (SSSR count). The van der Waals surface area contributed by atoms with E-state index in [0.717, 1.165) is 5.56 Å². The van der Waals surface area contributed by atoms with Gasteiger partial charge in [0.1, 0.15) is 0 Å². The Balaban J connectivity index is 2.62. The van der Waals surface area contributed by atoms with Crippen molar-refractivity contribution < 1.29 is 9.72 Å². The van der Waals surface area contributed by atoms with Gasteiger partial charge < -0.3 is 4.90 Å². The number of rotatable bonds is 2. The summed E-state index contributed by atoms with van der Waals surface area (Å²) in [6, 6.07) is 8.12. The van der Waals surface area contributed by atoms with Gasteiger partial charge in [0, 0.05) is 14.1 Å². The average molecular weight is 261 g/mol. The van der Waals surface area contributed by atoms with Gasteiger partial charge in [0.2, 0.25) is 0 Å². The summed E-state index contributed by atoms with van der Waals surface area (Å²) < 4.78 is 0. The molecule has 19 heavy (non-hydrogen) atoms. The van der Waals surface area contributed by atoms with Gasteiger partial charge in [-0.2, -0.15) is 0 Å². The van der Waals surface area contributed by atoms with Crippen molar-refractivity contribution in [2.75, 3.05) is 14.1 Å². The molecule has 0 fully saturated rings. The van der Waals surface area contributed by atoms with E-state index in [4.69, 9.17) is 0 Å². The van der Waals surface area contributed by atoms with Crippen molar-refractivity contribution in [3.63, 3.8) is 0 Å². The quantitative estimate of drug-likeness (QED) is 0.605. The lowest BCUT2D eigenvalue weighted by Gasteiger charge is -2.36. The monoisotopic (exact) mass is 261 g/mol. The second kappa shape index (κ2) is 4.72. The van der Waals surface area contributed by atoms with Gasteiger partial charge in [-0.15, -0.1) is 0 Å². The maximum atomic E-state index is 12.1. The van der Waals surface area contributed by atoms with E-state index in [0.29, 0.717) is 5.70 Å². The molecule has 6 heteroatoms. The van der Waals surface area contributed by atoms with Crippen LogP contribution in [-0.2, 0) is 0 Å². The SMILES string of the molecule is CC1=C([N+](=O)[O-])C(c2ccccc2)N(C)C(=O)N1C. The van der Waals surface area contributed by atoms with Crippen LogP contribution in [0.4, 0.5) is 4.79 Å². The van der Waals surface area contributed by atoms with Gasteiger partial charge in [-0.3, -0.25) is 15.0 Å². The van der Waals surface area contributed by atoms with Crippen LogP contribution in [0.3, 0.4) is 0 Å². The first-order chi connectivity index (χ1) is 8.95. The third-order valence-electron chi connectivity index (χ3n) is 3.42. The van der Waals surface area contributed by atoms with Crippen molar-refractivity contribution >= 4 is 6.03 Å². The number of likely N-dealkylation sites (N-methyl/N-ethyl adjacent to an activating group) is 1. The molecule has 0 saturated heterocycles. The minimum Gasteiger partial charge on any atom is -0.310 e. The Morgan fingerprint density at radius 3 is 2.32 bits per heavy atom. The van der Waals surface area contributed by atoms with Crippen molar-refractivity contribution in [3.05, 3.63) is 57.4 Å². The number of carbonyl (C=O) groups is 1. The highest BCUT2D eigenvalue weighted by Crippen LogP contribution is 2.35. The molecule has 0 bridgehead atoms. The van der Waals surface area contributed by atoms with Crippen molar-refractivity contribution in [1.82, 2.24) is 9.80 Å². The van der Waals surface area contributed by atoms with E-state index in [1.165, 1.54) is 9.80 Å². The van der Waals surface area contributed by atoms with E-state index in [1.807, 2.05) is 6.07 Å². The van der Waals surface area contributed by atoms with Gasteiger partial charge in [0.05, 0.1) is 10.6 Å². The summed E-state index contributed by atoms with van der Waals surface area (Å²) in [5, 5.41) is 11.3. The lowest BCUT2D eigenvalue weighted by atomic mass is 9.99. The number of urea groups is 1. The molecule has 1 aliphatic heterocycles. The smallest absolute Gasteiger partial charge is 0.310 e. The minimum atomic E-state index is -0.653. The number of nitro groups is 1. The molecule has 0 aromatic heterocycles. The molecule has 1 aliphatic rings. The van der Waals surface area contributed by atoms with Crippen LogP contribution in [-0.4, -0.2) is 34.8 Å². The summed E-state index contributed by atoms with van der Waals surface area (Å²) in [6.45, 7) is 1.60. The average Bonchev–Trinajstić information content (AvgIpc) is 2.40. The predicted octanol–water partition coefficient (Wildman–Crippen LogP) is 2.23. The fourth-order valence-electron chi connectivity index (χ4n) is 2.29. The van der Waals surface area contributed by atoms with Crippen LogP contribution >= 0.6 is 0 Å². The molecule has 1 unspecified atom stereocenters. The Morgan fingerprint density at radius 1 is 1.21 bits per heavy atom. The number of hydrogen-bond donors (Lipinski definition) is 0. The zero-order valence-corrected chi connectivity index (χ0v) is 11.0. The number of benzene rings is 1. The number of hydrogen-bond acceptors (Lipinski definition) is 3. The molecule has 6 nitrogen and oxygen atoms in total. The second-order valence-corrected chi connectivity index (χ2v) is 4.49. The molecule has 1 heterocycles. The van der Waals surface area contributed by atoms with Crippen LogP contribution in [0.2, 0.25) is 0 Å². The maximum absolute atomic E-state index is 12.1. The van der Waals surface area contributed by atoms with E-state index in [9.17, 15) is 14.9 Å². The molecular formula is C13H15N3O3. The summed E-state index contributed by atoms with van der Waals surface area (Å²) in [5.41, 5.74) is 1.15. The molecule has 1 aromatic carbocycles. The van der Waals surface area contributed by atoms with E-state index in [1.54, 1.807) is 45.3 Å². The topological polar surface area (TPSA) is 66.7 Å². The number of allylic oxidation sites excluding steroid dienone is 1. The Bertz CT molecular complexity index is 554. The van der Waals surface area contributed by atoms with E-state index < -0.39 is 11.0 Å². The van der Waals surface area contributed by atoms with E-state index >= 15 is 0 Å². The van der Waals surface area contributed by atoms with Crippen molar-refractivity contribution in [3.8, 4) is 0 Å². The molecule has 0 spiro atoms. The largest absolute Gasteiger partial charge is 0.324 e. The molecular weight excluding hydrogens is 246 g/mol. The van der Waals surface area contributed by atoms with Crippen LogP contribution in [0.5, 0.6) is 0 Å². The van der Waals surface area contributed by atoms with Gasteiger partial charge >= 0.3 is 6.03 Å². The van der Waals surface area contributed by atoms with Crippen molar-refractivity contribution in [1.29, 1.82) is 0 Å². The highest BCUT2D eigenvalue weighted by Gasteiger charge is 2.42. The van der Waals surface area contributed by atoms with Crippen molar-refractivity contribution in [2.45, 2.75) is 13.0 Å². The molecule has 0 radical (unpaired) electrons. The van der Waals surface area contributed by atoms with Gasteiger partial charge in [-0.05, 0) is 12.5 Å². The zero-order valence-electron chi connectivity index (χ0n) is 11.0. The summed E-state index contributed by atoms with van der Waals surface area (Å²) >= 11 is 0. The highest BCUT2D eigenvalue weighted by molar-refractivity contribution is 5.78. The van der Waals surface area contributed by atoms with Gasteiger partial charge in [0.25, 0.3) is 5.70 Å². The summed E-state index contributed by atoms with van der Waals surface area (Å²) in [4.78, 5) is 25.7. The molecule has 1 atom stereocenters. The highest BCUT2D eigenvalue weighted by atomic mass is 16.6. The Kier molecular flexibility index (Phi) is 3.25. The van der Waals surface area contributed by atoms with Crippen LogP contribution in [0.15, 0.2) is 41.7 Å². The fraction of sp³-hybridized carbons (Fsp3) is 0.308. The second-order valence-electron chi connectivity index (χ2n) is 4.49.